The molecule has 1 unspecified atom stereocenters. The van der Waals surface area contributed by atoms with Gasteiger partial charge in [-0.05, 0) is 48.9 Å². The molecule has 0 heterocycles. The Morgan fingerprint density at radius 2 is 1.89 bits per heavy atom. The van der Waals surface area contributed by atoms with Gasteiger partial charge in [-0.1, -0.05) is 39.1 Å². The average molecular weight is 363 g/mol. The highest BCUT2D eigenvalue weighted by Gasteiger charge is 2.12. The zero-order chi connectivity index (χ0) is 14.0. The molecule has 100 valence electrons. The zero-order valence-corrected chi connectivity index (χ0v) is 13.2. The van der Waals surface area contributed by atoms with Crippen molar-refractivity contribution in [2.45, 2.75) is 13.0 Å². The Balaban J connectivity index is 2.27. The SMILES string of the molecule is CC(Nc1cc(Br)ccc1F)c1cc(Cl)ccc1Cl. The summed E-state index contributed by atoms with van der Waals surface area (Å²) in [5.74, 6) is -0.312. The minimum absolute atomic E-state index is 0.157. The highest BCUT2D eigenvalue weighted by molar-refractivity contribution is 9.10. The molecular weight excluding hydrogens is 352 g/mol. The van der Waals surface area contributed by atoms with Crippen molar-refractivity contribution >= 4 is 44.8 Å². The van der Waals surface area contributed by atoms with Crippen LogP contribution in [0.2, 0.25) is 10.0 Å². The van der Waals surface area contributed by atoms with E-state index < -0.39 is 0 Å². The summed E-state index contributed by atoms with van der Waals surface area (Å²) in [6.45, 7) is 1.90. The van der Waals surface area contributed by atoms with Crippen LogP contribution in [0.15, 0.2) is 40.9 Å². The number of nitrogens with one attached hydrogen (secondary N) is 1. The van der Waals surface area contributed by atoms with E-state index in [0.717, 1.165) is 10.0 Å². The van der Waals surface area contributed by atoms with Gasteiger partial charge in [0.1, 0.15) is 5.82 Å². The molecule has 2 aromatic carbocycles. The molecule has 1 N–H and O–H groups in total. The van der Waals surface area contributed by atoms with Gasteiger partial charge in [0.25, 0.3) is 0 Å². The Morgan fingerprint density at radius 1 is 1.16 bits per heavy atom. The molecule has 0 aromatic heterocycles. The van der Waals surface area contributed by atoms with Crippen LogP contribution in [0, 0.1) is 5.82 Å². The lowest BCUT2D eigenvalue weighted by Gasteiger charge is -2.18. The number of hydrogen-bond acceptors (Lipinski definition) is 1. The van der Waals surface area contributed by atoms with Crippen LogP contribution in [-0.4, -0.2) is 0 Å². The van der Waals surface area contributed by atoms with E-state index in [0.29, 0.717) is 15.7 Å². The molecule has 0 bridgehead atoms. The van der Waals surface area contributed by atoms with E-state index in [-0.39, 0.29) is 11.9 Å². The maximum absolute atomic E-state index is 13.7. The van der Waals surface area contributed by atoms with Crippen molar-refractivity contribution < 1.29 is 4.39 Å². The molecule has 2 rings (SSSR count). The standard InChI is InChI=1S/C14H11BrCl2FN/c1-8(11-7-10(16)3-4-12(11)17)19-14-6-9(15)2-5-13(14)18/h2-8,19H,1H3. The normalized spacial score (nSPS) is 12.3. The van der Waals surface area contributed by atoms with E-state index in [1.54, 1.807) is 30.3 Å². The molecule has 5 heteroatoms. The predicted molar refractivity (Wildman–Crippen MR) is 82.6 cm³/mol. The van der Waals surface area contributed by atoms with Gasteiger partial charge >= 0.3 is 0 Å². The van der Waals surface area contributed by atoms with Gasteiger partial charge < -0.3 is 5.32 Å². The van der Waals surface area contributed by atoms with Crippen molar-refractivity contribution in [3.05, 3.63) is 62.3 Å². The summed E-state index contributed by atoms with van der Waals surface area (Å²) in [6.07, 6.45) is 0. The second kappa shape index (κ2) is 6.12. The summed E-state index contributed by atoms with van der Waals surface area (Å²) in [4.78, 5) is 0. The Morgan fingerprint density at radius 3 is 2.63 bits per heavy atom. The van der Waals surface area contributed by atoms with Gasteiger partial charge in [0.05, 0.1) is 11.7 Å². The second-order valence-corrected chi connectivity index (χ2v) is 5.92. The minimum Gasteiger partial charge on any atom is -0.376 e. The van der Waals surface area contributed by atoms with Crippen molar-refractivity contribution in [3.63, 3.8) is 0 Å². The lowest BCUT2D eigenvalue weighted by Crippen LogP contribution is -2.08. The van der Waals surface area contributed by atoms with Gasteiger partial charge in [0.2, 0.25) is 0 Å². The van der Waals surface area contributed by atoms with Crippen molar-refractivity contribution in [1.29, 1.82) is 0 Å². The minimum atomic E-state index is -0.312. The van der Waals surface area contributed by atoms with Crippen LogP contribution < -0.4 is 5.32 Å². The quantitative estimate of drug-likeness (QED) is 0.698. The van der Waals surface area contributed by atoms with E-state index in [2.05, 4.69) is 21.2 Å². The number of rotatable bonds is 3. The van der Waals surface area contributed by atoms with Crippen molar-refractivity contribution in [3.8, 4) is 0 Å². The molecule has 0 spiro atoms. The smallest absolute Gasteiger partial charge is 0.146 e. The molecule has 0 saturated heterocycles. The van der Waals surface area contributed by atoms with Gasteiger partial charge in [-0.2, -0.15) is 0 Å². The maximum Gasteiger partial charge on any atom is 0.146 e. The van der Waals surface area contributed by atoms with E-state index in [1.807, 2.05) is 6.92 Å². The first-order valence-corrected chi connectivity index (χ1v) is 7.19. The van der Waals surface area contributed by atoms with E-state index in [1.165, 1.54) is 6.07 Å². The zero-order valence-electron chi connectivity index (χ0n) is 10.1. The summed E-state index contributed by atoms with van der Waals surface area (Å²) in [5.41, 5.74) is 1.24. The molecule has 1 nitrogen and oxygen atoms in total. The molecule has 1 atom stereocenters. The third-order valence-electron chi connectivity index (χ3n) is 2.72. The first kappa shape index (κ1) is 14.6. The predicted octanol–water partition coefficient (Wildman–Crippen LogP) is 6.07. The number of hydrogen-bond donors (Lipinski definition) is 1. The topological polar surface area (TPSA) is 12.0 Å². The van der Waals surface area contributed by atoms with Crippen molar-refractivity contribution in [1.82, 2.24) is 0 Å². The molecule has 0 aliphatic carbocycles. The van der Waals surface area contributed by atoms with E-state index >= 15 is 0 Å². The molecule has 0 saturated carbocycles. The molecule has 0 radical (unpaired) electrons. The van der Waals surface area contributed by atoms with Crippen molar-refractivity contribution in [2.75, 3.05) is 5.32 Å². The Labute approximate surface area is 129 Å². The average Bonchev–Trinajstić information content (AvgIpc) is 2.36. The molecule has 0 aliphatic rings. The summed E-state index contributed by atoms with van der Waals surface area (Å²) < 4.78 is 14.5. The molecule has 0 fully saturated rings. The fourth-order valence-electron chi connectivity index (χ4n) is 1.77. The number of anilines is 1. The van der Waals surface area contributed by atoms with Crippen LogP contribution >= 0.6 is 39.1 Å². The summed E-state index contributed by atoms with van der Waals surface area (Å²) >= 11 is 15.4. The summed E-state index contributed by atoms with van der Waals surface area (Å²) in [7, 11) is 0. The Bertz CT molecular complexity index is 604. The lowest BCUT2D eigenvalue weighted by molar-refractivity contribution is 0.627. The lowest BCUT2D eigenvalue weighted by atomic mass is 10.1. The number of benzene rings is 2. The van der Waals surface area contributed by atoms with Gasteiger partial charge in [0, 0.05) is 14.5 Å². The Kier molecular flexibility index (Phi) is 4.71. The first-order chi connectivity index (χ1) is 8.97. The maximum atomic E-state index is 13.7. The van der Waals surface area contributed by atoms with Crippen LogP contribution in [0.3, 0.4) is 0 Å². The van der Waals surface area contributed by atoms with Crippen LogP contribution in [0.25, 0.3) is 0 Å². The second-order valence-electron chi connectivity index (χ2n) is 4.16. The van der Waals surface area contributed by atoms with E-state index in [9.17, 15) is 4.39 Å². The molecular formula is C14H11BrCl2FN. The monoisotopic (exact) mass is 361 g/mol. The summed E-state index contributed by atoms with van der Waals surface area (Å²) in [5, 5.41) is 4.28. The largest absolute Gasteiger partial charge is 0.376 e. The fourth-order valence-corrected chi connectivity index (χ4v) is 2.59. The van der Waals surface area contributed by atoms with Crippen LogP contribution in [0.5, 0.6) is 0 Å². The highest BCUT2D eigenvalue weighted by atomic mass is 79.9. The van der Waals surface area contributed by atoms with E-state index in [4.69, 9.17) is 23.2 Å². The third-order valence-corrected chi connectivity index (χ3v) is 3.80. The number of halogens is 4. The third kappa shape index (κ3) is 3.62. The van der Waals surface area contributed by atoms with Gasteiger partial charge in [-0.3, -0.25) is 0 Å². The van der Waals surface area contributed by atoms with Crippen molar-refractivity contribution in [2.24, 2.45) is 0 Å². The summed E-state index contributed by atoms with van der Waals surface area (Å²) in [6, 6.07) is 9.81. The van der Waals surface area contributed by atoms with Gasteiger partial charge in [0.15, 0.2) is 0 Å². The molecule has 0 amide bonds. The van der Waals surface area contributed by atoms with Crippen LogP contribution in [-0.2, 0) is 0 Å². The van der Waals surface area contributed by atoms with Gasteiger partial charge in [-0.25, -0.2) is 4.39 Å². The van der Waals surface area contributed by atoms with Crippen LogP contribution in [0.1, 0.15) is 18.5 Å². The molecule has 19 heavy (non-hydrogen) atoms. The fraction of sp³-hybridized carbons (Fsp3) is 0.143. The highest BCUT2D eigenvalue weighted by Crippen LogP contribution is 2.30. The van der Waals surface area contributed by atoms with Crippen LogP contribution in [0.4, 0.5) is 10.1 Å². The Hall–Kier alpha value is -0.770. The molecule has 0 aliphatic heterocycles. The molecule has 2 aromatic rings. The van der Waals surface area contributed by atoms with Gasteiger partial charge in [-0.15, -0.1) is 0 Å². The first-order valence-electron chi connectivity index (χ1n) is 5.64.